The molecule has 0 heterocycles. The van der Waals surface area contributed by atoms with Crippen molar-refractivity contribution in [2.75, 3.05) is 7.11 Å². The number of aliphatic carboxylic acids is 1. The first kappa shape index (κ1) is 11.8. The number of carboxylic acids is 1. The predicted octanol–water partition coefficient (Wildman–Crippen LogP) is 2.23. The van der Waals surface area contributed by atoms with Gasteiger partial charge < -0.3 is 14.9 Å². The number of phenols is 1. The number of hydrogen-bond donors (Lipinski definition) is 2. The first-order valence-electron chi connectivity index (χ1n) is 5.49. The number of benzene rings is 1. The van der Waals surface area contributed by atoms with Crippen molar-refractivity contribution >= 4 is 5.97 Å². The molecule has 4 nitrogen and oxygen atoms in total. The summed E-state index contributed by atoms with van der Waals surface area (Å²) in [6, 6.07) is 5.01. The highest BCUT2D eigenvalue weighted by Gasteiger charge is 2.62. The smallest absolute Gasteiger partial charge is 0.307 e. The number of aromatic hydroxyl groups is 1. The van der Waals surface area contributed by atoms with Crippen LogP contribution in [0.5, 0.6) is 11.5 Å². The van der Waals surface area contributed by atoms with Gasteiger partial charge in [-0.1, -0.05) is 19.9 Å². The van der Waals surface area contributed by atoms with E-state index >= 15 is 0 Å². The first-order valence-corrected chi connectivity index (χ1v) is 5.49. The Bertz CT molecular complexity index is 464. The minimum absolute atomic E-state index is 0.0190. The predicted molar refractivity (Wildman–Crippen MR) is 62.3 cm³/mol. The van der Waals surface area contributed by atoms with Gasteiger partial charge in [0.15, 0.2) is 11.5 Å². The Kier molecular flexibility index (Phi) is 2.53. The van der Waals surface area contributed by atoms with Gasteiger partial charge in [-0.2, -0.15) is 0 Å². The van der Waals surface area contributed by atoms with Gasteiger partial charge in [0.2, 0.25) is 0 Å². The fourth-order valence-corrected chi connectivity index (χ4v) is 2.61. The van der Waals surface area contributed by atoms with Crippen LogP contribution in [0.2, 0.25) is 0 Å². The molecule has 0 aliphatic heterocycles. The fourth-order valence-electron chi connectivity index (χ4n) is 2.61. The highest BCUT2D eigenvalue weighted by atomic mass is 16.5. The second-order valence-electron chi connectivity index (χ2n) is 5.05. The van der Waals surface area contributed by atoms with Crippen molar-refractivity contribution in [3.63, 3.8) is 0 Å². The molecular formula is C13H16O4. The van der Waals surface area contributed by atoms with E-state index in [9.17, 15) is 9.90 Å². The van der Waals surface area contributed by atoms with Crippen LogP contribution in [0.1, 0.15) is 25.3 Å². The van der Waals surface area contributed by atoms with E-state index in [2.05, 4.69) is 0 Å². The maximum atomic E-state index is 11.1. The molecule has 1 aromatic rings. The van der Waals surface area contributed by atoms with Gasteiger partial charge in [0.1, 0.15) is 0 Å². The zero-order chi connectivity index (χ0) is 12.8. The lowest BCUT2D eigenvalue weighted by Gasteiger charge is -2.07. The summed E-state index contributed by atoms with van der Waals surface area (Å²) in [4.78, 5) is 11.1. The van der Waals surface area contributed by atoms with Gasteiger partial charge in [-0.05, 0) is 23.1 Å². The quantitative estimate of drug-likeness (QED) is 0.844. The van der Waals surface area contributed by atoms with Crippen molar-refractivity contribution in [3.8, 4) is 11.5 Å². The van der Waals surface area contributed by atoms with Crippen molar-refractivity contribution in [2.45, 2.75) is 19.8 Å². The SMILES string of the molecule is COc1cc([C@H]2[C@H](C(=O)O)C2(C)C)ccc1O. The van der Waals surface area contributed by atoms with Crippen molar-refractivity contribution < 1.29 is 19.7 Å². The molecule has 17 heavy (non-hydrogen) atoms. The Morgan fingerprint density at radius 1 is 1.41 bits per heavy atom. The van der Waals surface area contributed by atoms with Gasteiger partial charge in [-0.25, -0.2) is 0 Å². The van der Waals surface area contributed by atoms with Crippen LogP contribution in [0, 0.1) is 11.3 Å². The molecule has 0 radical (unpaired) electrons. The molecule has 1 fully saturated rings. The molecule has 2 N–H and O–H groups in total. The third kappa shape index (κ3) is 1.73. The van der Waals surface area contributed by atoms with Gasteiger partial charge in [0.05, 0.1) is 13.0 Å². The van der Waals surface area contributed by atoms with E-state index in [0.29, 0.717) is 5.75 Å². The molecule has 92 valence electrons. The Labute approximate surface area is 99.8 Å². The molecule has 1 aromatic carbocycles. The average Bonchev–Trinajstić information content (AvgIpc) is 2.82. The normalized spacial score (nSPS) is 25.4. The van der Waals surface area contributed by atoms with Crippen molar-refractivity contribution in [2.24, 2.45) is 11.3 Å². The molecule has 0 spiro atoms. The van der Waals surface area contributed by atoms with Gasteiger partial charge >= 0.3 is 5.97 Å². The Hall–Kier alpha value is -1.71. The van der Waals surface area contributed by atoms with E-state index in [1.807, 2.05) is 13.8 Å². The Morgan fingerprint density at radius 3 is 2.53 bits per heavy atom. The molecule has 1 saturated carbocycles. The molecule has 0 unspecified atom stereocenters. The minimum Gasteiger partial charge on any atom is -0.504 e. The number of methoxy groups -OCH3 is 1. The van der Waals surface area contributed by atoms with Crippen LogP contribution in [0.25, 0.3) is 0 Å². The third-order valence-electron chi connectivity index (χ3n) is 3.66. The maximum Gasteiger partial charge on any atom is 0.307 e. The average molecular weight is 236 g/mol. The van der Waals surface area contributed by atoms with Crippen molar-refractivity contribution in [1.82, 2.24) is 0 Å². The molecule has 1 aliphatic rings. The summed E-state index contributed by atoms with van der Waals surface area (Å²) < 4.78 is 5.03. The summed E-state index contributed by atoms with van der Waals surface area (Å²) in [5.41, 5.74) is 0.658. The first-order chi connectivity index (χ1) is 7.89. The summed E-state index contributed by atoms with van der Waals surface area (Å²) in [7, 11) is 1.48. The minimum atomic E-state index is -0.771. The van der Waals surface area contributed by atoms with E-state index in [4.69, 9.17) is 9.84 Å². The van der Waals surface area contributed by atoms with Crippen LogP contribution in [0.15, 0.2) is 18.2 Å². The summed E-state index contributed by atoms with van der Waals surface area (Å²) in [5, 5.41) is 18.6. The van der Waals surface area contributed by atoms with Crippen molar-refractivity contribution in [3.05, 3.63) is 23.8 Å². The van der Waals surface area contributed by atoms with Crippen LogP contribution in [-0.4, -0.2) is 23.3 Å². The van der Waals surface area contributed by atoms with Crippen LogP contribution in [0.4, 0.5) is 0 Å². The molecule has 0 bridgehead atoms. The molecule has 0 saturated heterocycles. The number of hydrogen-bond acceptors (Lipinski definition) is 3. The van der Waals surface area contributed by atoms with Gasteiger partial charge in [0.25, 0.3) is 0 Å². The molecule has 0 amide bonds. The zero-order valence-electron chi connectivity index (χ0n) is 10.1. The topological polar surface area (TPSA) is 66.8 Å². The Morgan fingerprint density at radius 2 is 2.06 bits per heavy atom. The molecule has 2 rings (SSSR count). The maximum absolute atomic E-state index is 11.1. The van der Waals surface area contributed by atoms with E-state index in [1.165, 1.54) is 7.11 Å². The van der Waals surface area contributed by atoms with Gasteiger partial charge in [-0.15, -0.1) is 0 Å². The number of carboxylic acid groups (broad SMARTS) is 1. The highest BCUT2D eigenvalue weighted by molar-refractivity contribution is 5.77. The van der Waals surface area contributed by atoms with E-state index in [1.54, 1.807) is 18.2 Å². The summed E-state index contributed by atoms with van der Waals surface area (Å²) >= 11 is 0. The van der Waals surface area contributed by atoms with Crippen LogP contribution in [0.3, 0.4) is 0 Å². The van der Waals surface area contributed by atoms with E-state index < -0.39 is 5.97 Å². The van der Waals surface area contributed by atoms with Gasteiger partial charge in [-0.3, -0.25) is 4.79 Å². The van der Waals surface area contributed by atoms with Crippen LogP contribution >= 0.6 is 0 Å². The van der Waals surface area contributed by atoms with E-state index in [-0.39, 0.29) is 23.0 Å². The lowest BCUT2D eigenvalue weighted by Crippen LogP contribution is -2.03. The van der Waals surface area contributed by atoms with Crippen LogP contribution < -0.4 is 4.74 Å². The van der Waals surface area contributed by atoms with Crippen molar-refractivity contribution in [1.29, 1.82) is 0 Å². The summed E-state index contributed by atoms with van der Waals surface area (Å²) in [6.07, 6.45) is 0. The second kappa shape index (κ2) is 3.65. The number of ether oxygens (including phenoxy) is 1. The summed E-state index contributed by atoms with van der Waals surface area (Å²) in [5.74, 6) is -0.700. The molecule has 4 heteroatoms. The lowest BCUT2D eigenvalue weighted by molar-refractivity contribution is -0.139. The molecule has 1 aliphatic carbocycles. The standard InChI is InChI=1S/C13H16O4/c1-13(2)10(11(13)12(15)16)7-4-5-8(14)9(6-7)17-3/h4-6,10-11,14H,1-3H3,(H,15,16)/t10-,11+/m0/s1. The largest absolute Gasteiger partial charge is 0.504 e. The second-order valence-corrected chi connectivity index (χ2v) is 5.05. The van der Waals surface area contributed by atoms with Gasteiger partial charge in [0, 0.05) is 5.92 Å². The third-order valence-corrected chi connectivity index (χ3v) is 3.66. The summed E-state index contributed by atoms with van der Waals surface area (Å²) in [6.45, 7) is 3.88. The number of carbonyl (C=O) groups is 1. The zero-order valence-corrected chi connectivity index (χ0v) is 10.1. The van der Waals surface area contributed by atoms with Crippen LogP contribution in [-0.2, 0) is 4.79 Å². The lowest BCUT2D eigenvalue weighted by atomic mass is 10.0. The Balaban J connectivity index is 2.34. The molecule has 0 aromatic heterocycles. The fraction of sp³-hybridized carbons (Fsp3) is 0.462. The number of rotatable bonds is 3. The number of phenolic OH excluding ortho intramolecular Hbond substituents is 1. The monoisotopic (exact) mass is 236 g/mol. The van der Waals surface area contributed by atoms with E-state index in [0.717, 1.165) is 5.56 Å². The highest BCUT2D eigenvalue weighted by Crippen LogP contribution is 2.64. The molecule has 2 atom stereocenters. The molecular weight excluding hydrogens is 220 g/mol.